The molecule has 25 heavy (non-hydrogen) atoms. The van der Waals surface area contributed by atoms with Crippen molar-refractivity contribution in [2.24, 2.45) is 0 Å². The first-order chi connectivity index (χ1) is 12.0. The van der Waals surface area contributed by atoms with Gasteiger partial charge in [-0.05, 0) is 42.0 Å². The Morgan fingerprint density at radius 2 is 1.96 bits per heavy atom. The Kier molecular flexibility index (Phi) is 4.74. The highest BCUT2D eigenvalue weighted by molar-refractivity contribution is 6.08. The smallest absolute Gasteiger partial charge is 0.387 e. The number of amides is 1. The quantitative estimate of drug-likeness (QED) is 0.665. The number of benzene rings is 2. The Morgan fingerprint density at radius 3 is 2.68 bits per heavy atom. The highest BCUT2D eigenvalue weighted by Crippen LogP contribution is 2.28. The van der Waals surface area contributed by atoms with E-state index in [4.69, 9.17) is 4.74 Å². The van der Waals surface area contributed by atoms with E-state index in [9.17, 15) is 18.4 Å². The van der Waals surface area contributed by atoms with Gasteiger partial charge in [0, 0.05) is 5.56 Å². The zero-order chi connectivity index (χ0) is 17.8. The fourth-order valence-corrected chi connectivity index (χ4v) is 2.26. The standard InChI is InChI=1S/C18H13F2NO4/c19-18(20)25-13-5-1-11(2-6-13)3-7-15(22)12-4-8-16-14(9-12)21-17(23)10-24-16/h1-9,18H,10H2,(H,21,23). The summed E-state index contributed by atoms with van der Waals surface area (Å²) >= 11 is 0. The molecule has 0 radical (unpaired) electrons. The first-order valence-electron chi connectivity index (χ1n) is 7.35. The topological polar surface area (TPSA) is 64.6 Å². The van der Waals surface area contributed by atoms with Gasteiger partial charge < -0.3 is 14.8 Å². The summed E-state index contributed by atoms with van der Waals surface area (Å²) in [7, 11) is 0. The first-order valence-corrected chi connectivity index (χ1v) is 7.35. The van der Waals surface area contributed by atoms with Crippen molar-refractivity contribution in [3.05, 3.63) is 59.7 Å². The molecule has 0 atom stereocenters. The minimum absolute atomic E-state index is 0.0453. The monoisotopic (exact) mass is 345 g/mol. The third-order valence-corrected chi connectivity index (χ3v) is 3.43. The highest BCUT2D eigenvalue weighted by atomic mass is 19.3. The van der Waals surface area contributed by atoms with Gasteiger partial charge in [0.2, 0.25) is 0 Å². The minimum atomic E-state index is -2.88. The molecule has 0 aliphatic carbocycles. The molecule has 0 saturated carbocycles. The van der Waals surface area contributed by atoms with Crippen LogP contribution in [0.2, 0.25) is 0 Å². The van der Waals surface area contributed by atoms with Crippen LogP contribution in [-0.4, -0.2) is 24.9 Å². The molecule has 0 aromatic heterocycles. The number of carbonyl (C=O) groups excluding carboxylic acids is 2. The molecule has 2 aromatic carbocycles. The Bertz CT molecular complexity index is 831. The number of anilines is 1. The van der Waals surface area contributed by atoms with Crippen LogP contribution >= 0.6 is 0 Å². The molecule has 1 aliphatic rings. The second-order valence-corrected chi connectivity index (χ2v) is 5.19. The van der Waals surface area contributed by atoms with Gasteiger partial charge in [0.1, 0.15) is 11.5 Å². The van der Waals surface area contributed by atoms with Crippen LogP contribution in [0.1, 0.15) is 15.9 Å². The van der Waals surface area contributed by atoms with E-state index in [1.54, 1.807) is 36.4 Å². The van der Waals surface area contributed by atoms with Crippen molar-refractivity contribution < 1.29 is 27.8 Å². The number of allylic oxidation sites excluding steroid dienone is 1. The third kappa shape index (κ3) is 4.20. The van der Waals surface area contributed by atoms with Gasteiger partial charge in [-0.3, -0.25) is 9.59 Å². The number of hydrogen-bond acceptors (Lipinski definition) is 4. The Hall–Kier alpha value is -3.22. The lowest BCUT2D eigenvalue weighted by molar-refractivity contribution is -0.118. The number of alkyl halides is 2. The maximum Gasteiger partial charge on any atom is 0.387 e. The second-order valence-electron chi connectivity index (χ2n) is 5.19. The van der Waals surface area contributed by atoms with Crippen LogP contribution in [0.15, 0.2) is 48.5 Å². The summed E-state index contributed by atoms with van der Waals surface area (Å²) in [5, 5.41) is 2.64. The zero-order valence-corrected chi connectivity index (χ0v) is 12.9. The van der Waals surface area contributed by atoms with Crippen LogP contribution in [0.3, 0.4) is 0 Å². The van der Waals surface area contributed by atoms with Crippen LogP contribution < -0.4 is 14.8 Å². The van der Waals surface area contributed by atoms with Crippen LogP contribution in [0.4, 0.5) is 14.5 Å². The molecule has 0 unspecified atom stereocenters. The number of carbonyl (C=O) groups is 2. The highest BCUT2D eigenvalue weighted by Gasteiger charge is 2.17. The maximum absolute atomic E-state index is 12.2. The van der Waals surface area contributed by atoms with Crippen LogP contribution in [0.25, 0.3) is 6.08 Å². The van der Waals surface area contributed by atoms with Crippen molar-refractivity contribution in [2.45, 2.75) is 6.61 Å². The lowest BCUT2D eigenvalue weighted by atomic mass is 10.1. The summed E-state index contributed by atoms with van der Waals surface area (Å²) in [6.07, 6.45) is 2.92. The molecule has 1 aliphatic heterocycles. The normalized spacial score (nSPS) is 13.3. The lowest BCUT2D eigenvalue weighted by Gasteiger charge is -2.17. The van der Waals surface area contributed by atoms with Gasteiger partial charge in [-0.15, -0.1) is 0 Å². The summed E-state index contributed by atoms with van der Waals surface area (Å²) in [4.78, 5) is 23.6. The van der Waals surface area contributed by atoms with E-state index in [0.29, 0.717) is 22.6 Å². The second kappa shape index (κ2) is 7.12. The van der Waals surface area contributed by atoms with Crippen molar-refractivity contribution in [1.82, 2.24) is 0 Å². The molecule has 7 heteroatoms. The summed E-state index contributed by atoms with van der Waals surface area (Å²) in [5.74, 6) is 0.00734. The minimum Gasteiger partial charge on any atom is -0.482 e. The fourth-order valence-electron chi connectivity index (χ4n) is 2.26. The van der Waals surface area contributed by atoms with E-state index < -0.39 is 6.61 Å². The largest absolute Gasteiger partial charge is 0.482 e. The number of ether oxygens (including phenoxy) is 2. The molecule has 0 saturated heterocycles. The van der Waals surface area contributed by atoms with Gasteiger partial charge in [-0.2, -0.15) is 8.78 Å². The van der Waals surface area contributed by atoms with Gasteiger partial charge in [-0.1, -0.05) is 18.2 Å². The number of rotatable bonds is 5. The molecule has 1 heterocycles. The van der Waals surface area contributed by atoms with Crippen molar-refractivity contribution in [2.75, 3.05) is 11.9 Å². The van der Waals surface area contributed by atoms with Crippen molar-refractivity contribution in [1.29, 1.82) is 0 Å². The van der Waals surface area contributed by atoms with Crippen LogP contribution in [0, 0.1) is 0 Å². The van der Waals surface area contributed by atoms with Crippen molar-refractivity contribution in [3.8, 4) is 11.5 Å². The molecule has 128 valence electrons. The number of fused-ring (bicyclic) bond motifs is 1. The number of hydrogen-bond donors (Lipinski definition) is 1. The van der Waals surface area contributed by atoms with E-state index in [-0.39, 0.29) is 24.0 Å². The number of nitrogens with one attached hydrogen (secondary N) is 1. The van der Waals surface area contributed by atoms with Crippen LogP contribution in [0.5, 0.6) is 11.5 Å². The van der Waals surface area contributed by atoms with E-state index >= 15 is 0 Å². The van der Waals surface area contributed by atoms with Gasteiger partial charge in [0.15, 0.2) is 12.4 Å². The molecule has 0 bridgehead atoms. The summed E-state index contributed by atoms with van der Waals surface area (Å²) < 4.78 is 33.7. The summed E-state index contributed by atoms with van der Waals surface area (Å²) in [5.41, 5.74) is 1.49. The first kappa shape index (κ1) is 16.6. The number of ketones is 1. The van der Waals surface area contributed by atoms with E-state index in [2.05, 4.69) is 10.1 Å². The van der Waals surface area contributed by atoms with E-state index in [1.165, 1.54) is 18.2 Å². The third-order valence-electron chi connectivity index (χ3n) is 3.43. The van der Waals surface area contributed by atoms with E-state index in [0.717, 1.165) is 0 Å². The van der Waals surface area contributed by atoms with E-state index in [1.807, 2.05) is 0 Å². The average molecular weight is 345 g/mol. The molecule has 3 rings (SSSR count). The Labute approximate surface area is 141 Å². The van der Waals surface area contributed by atoms with Gasteiger partial charge in [0.25, 0.3) is 5.91 Å². The average Bonchev–Trinajstić information content (AvgIpc) is 2.59. The molecule has 0 spiro atoms. The predicted molar refractivity (Wildman–Crippen MR) is 87.0 cm³/mol. The summed E-state index contributed by atoms with van der Waals surface area (Å²) in [6.45, 7) is -2.93. The Morgan fingerprint density at radius 1 is 1.20 bits per heavy atom. The number of halogens is 2. The molecule has 0 fully saturated rings. The summed E-state index contributed by atoms with van der Waals surface area (Å²) in [6, 6.07) is 10.7. The molecule has 2 aromatic rings. The van der Waals surface area contributed by atoms with Gasteiger partial charge >= 0.3 is 6.61 Å². The van der Waals surface area contributed by atoms with Crippen molar-refractivity contribution >= 4 is 23.5 Å². The maximum atomic E-state index is 12.2. The fraction of sp³-hybridized carbons (Fsp3) is 0.111. The molecule has 1 N–H and O–H groups in total. The molecule has 5 nitrogen and oxygen atoms in total. The predicted octanol–water partition coefficient (Wildman–Crippen LogP) is 3.52. The molecule has 1 amide bonds. The lowest BCUT2D eigenvalue weighted by Crippen LogP contribution is -2.25. The SMILES string of the molecule is O=C1COc2ccc(C(=O)C=Cc3ccc(OC(F)F)cc3)cc2N1. The zero-order valence-electron chi connectivity index (χ0n) is 12.9. The molecular formula is C18H13F2NO4. The van der Waals surface area contributed by atoms with Gasteiger partial charge in [0.05, 0.1) is 5.69 Å². The van der Waals surface area contributed by atoms with Crippen LogP contribution in [-0.2, 0) is 4.79 Å². The molecular weight excluding hydrogens is 332 g/mol. The van der Waals surface area contributed by atoms with Crippen molar-refractivity contribution in [3.63, 3.8) is 0 Å². The van der Waals surface area contributed by atoms with Gasteiger partial charge in [-0.25, -0.2) is 0 Å². The Balaban J connectivity index is 1.70.